The summed E-state index contributed by atoms with van der Waals surface area (Å²) in [6, 6.07) is 17.0. The number of hydrogen-bond donors (Lipinski definition) is 1. The molecule has 0 aromatic heterocycles. The van der Waals surface area contributed by atoms with Gasteiger partial charge in [0.2, 0.25) is 0 Å². The molecule has 138 valence electrons. The Hall–Kier alpha value is -3.26. The number of amides is 2. The second-order valence-electron chi connectivity index (χ2n) is 6.69. The van der Waals surface area contributed by atoms with Crippen molar-refractivity contribution >= 4 is 6.03 Å². The van der Waals surface area contributed by atoms with Crippen LogP contribution in [0.3, 0.4) is 0 Å². The highest BCUT2D eigenvalue weighted by Gasteiger charge is 2.28. The summed E-state index contributed by atoms with van der Waals surface area (Å²) >= 11 is 0. The molecular weight excluding hydrogens is 338 g/mol. The molecule has 2 atom stereocenters. The average molecular weight is 361 g/mol. The van der Waals surface area contributed by atoms with E-state index in [1.54, 1.807) is 23.1 Å². The Morgan fingerprint density at radius 2 is 2.19 bits per heavy atom. The summed E-state index contributed by atoms with van der Waals surface area (Å²) in [6.45, 7) is 6.59. The zero-order valence-corrected chi connectivity index (χ0v) is 15.4. The Bertz CT molecular complexity index is 872. The first-order valence-electron chi connectivity index (χ1n) is 9.01. The number of urea groups is 1. The Morgan fingerprint density at radius 3 is 2.96 bits per heavy atom. The van der Waals surface area contributed by atoms with Crippen molar-refractivity contribution in [2.45, 2.75) is 32.0 Å². The van der Waals surface area contributed by atoms with E-state index in [9.17, 15) is 4.79 Å². The van der Waals surface area contributed by atoms with Crippen LogP contribution in [0.5, 0.6) is 5.75 Å². The van der Waals surface area contributed by atoms with E-state index in [4.69, 9.17) is 10.00 Å². The molecule has 0 saturated heterocycles. The summed E-state index contributed by atoms with van der Waals surface area (Å²) < 4.78 is 5.86. The number of nitrogens with zero attached hydrogens (tertiary/aromatic N) is 2. The largest absolute Gasteiger partial charge is 0.490 e. The highest BCUT2D eigenvalue weighted by atomic mass is 16.5. The number of carbonyl (C=O) groups excluding carboxylic acids is 1. The SMILES string of the molecule is C=CCN(Cc1cccc(C#N)c1)C(=O)N[C@@H]1C[C@@H](C)Oc2ccccc21. The van der Waals surface area contributed by atoms with Crippen LogP contribution in [0.2, 0.25) is 0 Å². The molecule has 2 aromatic carbocycles. The number of nitrogens with one attached hydrogen (secondary N) is 1. The molecular formula is C22H23N3O2. The Labute approximate surface area is 159 Å². The van der Waals surface area contributed by atoms with Crippen LogP contribution in [0.15, 0.2) is 61.2 Å². The first-order chi connectivity index (χ1) is 13.1. The first-order valence-corrected chi connectivity index (χ1v) is 9.01. The van der Waals surface area contributed by atoms with Crippen molar-refractivity contribution in [2.24, 2.45) is 0 Å². The van der Waals surface area contributed by atoms with Gasteiger partial charge in [0.25, 0.3) is 0 Å². The van der Waals surface area contributed by atoms with E-state index < -0.39 is 0 Å². The second-order valence-corrected chi connectivity index (χ2v) is 6.69. The number of ether oxygens (including phenoxy) is 1. The minimum atomic E-state index is -0.161. The molecule has 0 saturated carbocycles. The number of para-hydroxylation sites is 1. The monoisotopic (exact) mass is 361 g/mol. The maximum absolute atomic E-state index is 12.9. The molecule has 2 aromatic rings. The van der Waals surface area contributed by atoms with Crippen LogP contribution in [0, 0.1) is 11.3 Å². The van der Waals surface area contributed by atoms with Gasteiger partial charge in [-0.1, -0.05) is 36.4 Å². The van der Waals surface area contributed by atoms with Crippen molar-refractivity contribution in [3.63, 3.8) is 0 Å². The summed E-state index contributed by atoms with van der Waals surface area (Å²) in [6.07, 6.45) is 2.45. The van der Waals surface area contributed by atoms with Gasteiger partial charge >= 0.3 is 6.03 Å². The summed E-state index contributed by atoms with van der Waals surface area (Å²) in [5.74, 6) is 0.818. The van der Waals surface area contributed by atoms with Crippen molar-refractivity contribution < 1.29 is 9.53 Å². The number of rotatable bonds is 5. The van der Waals surface area contributed by atoms with E-state index in [0.29, 0.717) is 25.1 Å². The van der Waals surface area contributed by atoms with Crippen LogP contribution in [0.25, 0.3) is 0 Å². The summed E-state index contributed by atoms with van der Waals surface area (Å²) in [5.41, 5.74) is 2.49. The molecule has 27 heavy (non-hydrogen) atoms. The molecule has 0 radical (unpaired) electrons. The average Bonchev–Trinajstić information content (AvgIpc) is 2.67. The number of hydrogen-bond acceptors (Lipinski definition) is 3. The molecule has 1 N–H and O–H groups in total. The van der Waals surface area contributed by atoms with Crippen molar-refractivity contribution in [1.82, 2.24) is 10.2 Å². The minimum absolute atomic E-state index is 0.0327. The van der Waals surface area contributed by atoms with Gasteiger partial charge in [-0.25, -0.2) is 4.79 Å². The van der Waals surface area contributed by atoms with Gasteiger partial charge in [-0.2, -0.15) is 5.26 Å². The van der Waals surface area contributed by atoms with Crippen LogP contribution in [-0.2, 0) is 6.54 Å². The lowest BCUT2D eigenvalue weighted by Gasteiger charge is -2.32. The van der Waals surface area contributed by atoms with Crippen molar-refractivity contribution in [1.29, 1.82) is 5.26 Å². The van der Waals surface area contributed by atoms with Crippen molar-refractivity contribution in [3.8, 4) is 11.8 Å². The molecule has 5 nitrogen and oxygen atoms in total. The molecule has 5 heteroatoms. The predicted molar refractivity (Wildman–Crippen MR) is 104 cm³/mol. The van der Waals surface area contributed by atoms with Crippen molar-refractivity contribution in [2.75, 3.05) is 6.54 Å². The summed E-state index contributed by atoms with van der Waals surface area (Å²) in [7, 11) is 0. The van der Waals surface area contributed by atoms with Gasteiger partial charge in [-0.15, -0.1) is 6.58 Å². The van der Waals surface area contributed by atoms with E-state index in [-0.39, 0.29) is 18.2 Å². The third kappa shape index (κ3) is 4.48. The summed E-state index contributed by atoms with van der Waals surface area (Å²) in [5, 5.41) is 12.2. The molecule has 3 rings (SSSR count). The summed E-state index contributed by atoms with van der Waals surface area (Å²) in [4.78, 5) is 14.6. The Kier molecular flexibility index (Phi) is 5.77. The first kappa shape index (κ1) is 18.5. The van der Waals surface area contributed by atoms with Gasteiger partial charge < -0.3 is 15.0 Å². The number of nitriles is 1. The highest BCUT2D eigenvalue weighted by Crippen LogP contribution is 2.34. The van der Waals surface area contributed by atoms with Crippen LogP contribution >= 0.6 is 0 Å². The highest BCUT2D eigenvalue weighted by molar-refractivity contribution is 5.75. The standard InChI is InChI=1S/C22H23N3O2/c1-3-11-25(15-18-8-6-7-17(13-18)14-23)22(26)24-20-12-16(2)27-21-10-5-4-9-19(20)21/h3-10,13,16,20H,1,11-12,15H2,2H3,(H,24,26)/t16-,20-/m1/s1. The van der Waals surface area contributed by atoms with Crippen LogP contribution in [-0.4, -0.2) is 23.6 Å². The van der Waals surface area contributed by atoms with Gasteiger partial charge in [0.1, 0.15) is 5.75 Å². The third-order valence-electron chi connectivity index (χ3n) is 4.55. The molecule has 1 aliphatic heterocycles. The normalized spacial score (nSPS) is 17.8. The minimum Gasteiger partial charge on any atom is -0.490 e. The molecule has 0 unspecified atom stereocenters. The molecule has 0 fully saturated rings. The zero-order valence-electron chi connectivity index (χ0n) is 15.4. The second kappa shape index (κ2) is 8.41. The van der Waals surface area contributed by atoms with Gasteiger partial charge in [0, 0.05) is 25.1 Å². The fourth-order valence-electron chi connectivity index (χ4n) is 3.31. The Balaban J connectivity index is 1.76. The van der Waals surface area contributed by atoms with E-state index in [2.05, 4.69) is 18.0 Å². The maximum atomic E-state index is 12.9. The smallest absolute Gasteiger partial charge is 0.318 e. The van der Waals surface area contributed by atoms with Gasteiger partial charge in [-0.05, 0) is 30.7 Å². The molecule has 0 spiro atoms. The van der Waals surface area contributed by atoms with Crippen LogP contribution in [0.1, 0.15) is 36.1 Å². The van der Waals surface area contributed by atoms with Gasteiger partial charge in [-0.3, -0.25) is 0 Å². The quantitative estimate of drug-likeness (QED) is 0.813. The number of benzene rings is 2. The fraction of sp³-hybridized carbons (Fsp3) is 0.273. The molecule has 2 amide bonds. The number of fused-ring (bicyclic) bond motifs is 1. The molecule has 0 bridgehead atoms. The third-order valence-corrected chi connectivity index (χ3v) is 4.55. The van der Waals surface area contributed by atoms with Crippen molar-refractivity contribution in [3.05, 3.63) is 77.9 Å². The zero-order chi connectivity index (χ0) is 19.2. The van der Waals surface area contributed by atoms with E-state index in [1.807, 2.05) is 43.3 Å². The molecule has 1 aliphatic rings. The lowest BCUT2D eigenvalue weighted by Crippen LogP contribution is -2.43. The van der Waals surface area contributed by atoms with Crippen LogP contribution in [0.4, 0.5) is 4.79 Å². The topological polar surface area (TPSA) is 65.4 Å². The predicted octanol–water partition coefficient (Wildman–Crippen LogP) is 4.17. The molecule has 1 heterocycles. The lowest BCUT2D eigenvalue weighted by molar-refractivity contribution is 0.157. The van der Waals surface area contributed by atoms with E-state index >= 15 is 0 Å². The van der Waals surface area contributed by atoms with Crippen LogP contribution < -0.4 is 10.1 Å². The van der Waals surface area contributed by atoms with Gasteiger partial charge in [0.05, 0.1) is 23.8 Å². The molecule has 0 aliphatic carbocycles. The Morgan fingerprint density at radius 1 is 1.37 bits per heavy atom. The number of carbonyl (C=O) groups is 1. The fourth-order valence-corrected chi connectivity index (χ4v) is 3.31. The van der Waals surface area contributed by atoms with Gasteiger partial charge in [0.15, 0.2) is 0 Å². The lowest BCUT2D eigenvalue weighted by atomic mass is 9.97. The maximum Gasteiger partial charge on any atom is 0.318 e. The van der Waals surface area contributed by atoms with E-state index in [0.717, 1.165) is 16.9 Å². The van der Waals surface area contributed by atoms with E-state index in [1.165, 1.54) is 0 Å².